The molecule has 0 N–H and O–H groups in total. The Morgan fingerprint density at radius 1 is 0.259 bits per heavy atom. The van der Waals surface area contributed by atoms with Crippen LogP contribution in [0.4, 0.5) is 0 Å². The molecule has 4 heterocycles. The molecule has 0 amide bonds. The molecule has 6 nitrogen and oxygen atoms in total. The van der Waals surface area contributed by atoms with Gasteiger partial charge in [0.25, 0.3) is 0 Å². The summed E-state index contributed by atoms with van der Waals surface area (Å²) in [7, 11) is 0. The predicted octanol–water partition coefficient (Wildman–Crippen LogP) is 29.7. The second-order valence-electron chi connectivity index (χ2n) is 35.5. The fourth-order valence-corrected chi connectivity index (χ4v) is 17.8. The topological polar surface area (TPSA) is 55.4 Å². The molecule has 13 rings (SSSR count). The molecule has 0 atom stereocenters. The van der Waals surface area contributed by atoms with Crippen LogP contribution in [0, 0.1) is 0 Å². The summed E-state index contributed by atoms with van der Waals surface area (Å²) in [4.78, 5) is 3.01. The Bertz CT molecular complexity index is 3490. The maximum Gasteiger partial charge on any atom is 0.246 e. The average Bonchev–Trinajstić information content (AvgIpc) is 1.27. The summed E-state index contributed by atoms with van der Waals surface area (Å²) < 4.78 is 33.6. The van der Waals surface area contributed by atoms with Crippen molar-refractivity contribution in [2.75, 3.05) is 31.5 Å². The minimum atomic E-state index is -0.536. The van der Waals surface area contributed by atoms with E-state index in [2.05, 4.69) is 291 Å². The van der Waals surface area contributed by atoms with Gasteiger partial charge in [-0.3, -0.25) is 0 Å². The van der Waals surface area contributed by atoms with Crippen molar-refractivity contribution in [1.29, 1.82) is 0 Å². The van der Waals surface area contributed by atoms with Crippen LogP contribution in [0.2, 0.25) is 0 Å². The van der Waals surface area contributed by atoms with Gasteiger partial charge in [0.15, 0.2) is 34.5 Å². The standard InChI is InChI=1S/C16H24.C15H22O2.C15H22.C14H20O2.C14H20S2.C13H18O2.C12H18.B/c1-11(2)15-9-13-7-5-6-8-14(13)10-16(15)12(3)4;1-9(2)11-7-13-14(8-12(11)10(3)4)17-15(5,6)16-13;1-10(2)14-8-12-6-5-7-13(12)9-15(14)11(3)4;2*1-9(2)11-7-13-14(16-6-5-15-13)8-12(11)10(3)4;1-8(2)10-5-12-13(15-7-14-12)6-11(10)9(3)4;1-9(2)11-7-5-6-8-12(11)10(3)4;/h9-12H,5-8H2,1-4H3;7-10H,1-6H3;8-11H,5-7H2,1-4H3;2*7-10H,5-6H2,1-4H3;5-6,8-9H,7H2,1-4H3;5-10H,1-4H3;. The average molecular weight is 1510 g/mol. The summed E-state index contributed by atoms with van der Waals surface area (Å²) >= 11 is 4.04. The zero-order valence-corrected chi connectivity index (χ0v) is 74.8. The van der Waals surface area contributed by atoms with Crippen LogP contribution in [0.25, 0.3) is 0 Å². The normalized spacial score (nSPS) is 14.7. The van der Waals surface area contributed by atoms with Crippen molar-refractivity contribution in [2.24, 2.45) is 0 Å². The summed E-state index contributed by atoms with van der Waals surface area (Å²) in [6.07, 6.45) is 9.31. The van der Waals surface area contributed by atoms with E-state index in [9.17, 15) is 0 Å². The molecule has 3 radical (unpaired) electrons. The number of rotatable bonds is 14. The summed E-state index contributed by atoms with van der Waals surface area (Å²) in [6.45, 7) is 68.8. The van der Waals surface area contributed by atoms with Gasteiger partial charge in [-0.25, -0.2) is 0 Å². The Hall–Kier alpha value is -5.90. The highest BCUT2D eigenvalue weighted by Gasteiger charge is 2.34. The lowest BCUT2D eigenvalue weighted by Crippen LogP contribution is -2.29. The zero-order valence-electron chi connectivity index (χ0n) is 73.1. The Balaban J connectivity index is 0.000000197. The molecule has 6 aliphatic rings. The van der Waals surface area contributed by atoms with Crippen molar-refractivity contribution < 1.29 is 28.4 Å². The van der Waals surface area contributed by atoms with Crippen LogP contribution in [0.15, 0.2) is 107 Å². The fraction of sp³-hybridized carbons (Fsp3) is 0.576. The molecule has 0 fully saturated rings. The van der Waals surface area contributed by atoms with Gasteiger partial charge in [0.05, 0.1) is 0 Å². The van der Waals surface area contributed by atoms with Crippen molar-refractivity contribution in [3.63, 3.8) is 0 Å². The highest BCUT2D eigenvalue weighted by molar-refractivity contribution is 8.05. The zero-order chi connectivity index (χ0) is 79.0. The molecule has 0 unspecified atom stereocenters. The molecule has 0 aromatic heterocycles. The highest BCUT2D eigenvalue weighted by Crippen LogP contribution is 2.47. The van der Waals surface area contributed by atoms with E-state index in [4.69, 9.17) is 28.4 Å². The lowest BCUT2D eigenvalue weighted by Gasteiger charge is -2.23. The van der Waals surface area contributed by atoms with Crippen molar-refractivity contribution in [2.45, 2.75) is 351 Å². The number of thioether (sulfide) groups is 2. The van der Waals surface area contributed by atoms with Gasteiger partial charge in [-0.05, 0) is 276 Å². The van der Waals surface area contributed by atoms with E-state index in [1.54, 1.807) is 55.6 Å². The predicted molar refractivity (Wildman–Crippen MR) is 471 cm³/mol. The highest BCUT2D eigenvalue weighted by atomic mass is 32.2. The van der Waals surface area contributed by atoms with Crippen LogP contribution in [-0.2, 0) is 25.7 Å². The molecule has 7 aromatic carbocycles. The van der Waals surface area contributed by atoms with Crippen LogP contribution < -0.4 is 28.4 Å². The number of aryl methyl sites for hydroxylation is 4. The second kappa shape index (κ2) is 41.6. The molecule has 4 aliphatic heterocycles. The second-order valence-corrected chi connectivity index (χ2v) is 37.7. The Morgan fingerprint density at radius 3 is 0.722 bits per heavy atom. The van der Waals surface area contributed by atoms with E-state index in [-0.39, 0.29) is 8.41 Å². The number of benzene rings is 7. The SMILES string of the molecule is CC(C)c1cc2c(cc1C(C)C)CCC2.CC(C)c1cc2c(cc1C(C)C)CCCC2.CC(C)c1cc2c(cc1C(C)C)OC(C)(C)O2.CC(C)c1cc2c(cc1C(C)C)OCCO2.CC(C)c1cc2c(cc1C(C)C)OCO2.CC(C)c1cc2c(cc1C(C)C)SCCS2.CC(C)c1ccccc1C(C)C.[B]. The molecule has 0 spiro atoms. The van der Waals surface area contributed by atoms with Gasteiger partial charge in [0, 0.05) is 43.6 Å². The molecule has 9 heteroatoms. The van der Waals surface area contributed by atoms with E-state index in [1.807, 2.05) is 37.4 Å². The lowest BCUT2D eigenvalue weighted by atomic mass is 9.82. The van der Waals surface area contributed by atoms with Crippen molar-refractivity contribution in [1.82, 2.24) is 0 Å². The summed E-state index contributed by atoms with van der Waals surface area (Å²) in [6, 6.07) is 36.4. The number of ether oxygens (including phenoxy) is 6. The first-order chi connectivity index (χ1) is 50.4. The number of fused-ring (bicyclic) bond motifs is 6. The van der Waals surface area contributed by atoms with Crippen LogP contribution >= 0.6 is 23.5 Å². The fourth-order valence-electron chi connectivity index (χ4n) is 15.6. The number of hydrogen-bond donors (Lipinski definition) is 0. The maximum atomic E-state index is 5.80. The third-order valence-electron chi connectivity index (χ3n) is 21.5. The molecule has 0 saturated heterocycles. The third kappa shape index (κ3) is 24.6. The van der Waals surface area contributed by atoms with Crippen molar-refractivity contribution in [3.8, 4) is 34.5 Å². The van der Waals surface area contributed by atoms with E-state index in [0.717, 1.165) is 34.5 Å². The molecule has 108 heavy (non-hydrogen) atoms. The summed E-state index contributed by atoms with van der Waals surface area (Å²) in [5.74, 6) is 15.6. The molecular formula is C99H144BO6S2. The van der Waals surface area contributed by atoms with E-state index >= 15 is 0 Å². The molecular weight excluding hydrogens is 1360 g/mol. The largest absolute Gasteiger partial charge is 0.486 e. The third-order valence-corrected chi connectivity index (χ3v) is 24.0. The quantitative estimate of drug-likeness (QED) is 0.0999. The lowest BCUT2D eigenvalue weighted by molar-refractivity contribution is -0.0431. The van der Waals surface area contributed by atoms with Gasteiger partial charge >= 0.3 is 0 Å². The van der Waals surface area contributed by atoms with Crippen LogP contribution in [0.1, 0.15) is 410 Å². The van der Waals surface area contributed by atoms with Crippen LogP contribution in [-0.4, -0.2) is 45.7 Å². The first-order valence-electron chi connectivity index (χ1n) is 41.7. The Kier molecular flexibility index (Phi) is 35.0. The first kappa shape index (κ1) is 91.0. The van der Waals surface area contributed by atoms with Gasteiger partial charge in [0.2, 0.25) is 12.6 Å². The van der Waals surface area contributed by atoms with Gasteiger partial charge < -0.3 is 28.4 Å². The molecule has 2 aliphatic carbocycles. The van der Waals surface area contributed by atoms with Crippen molar-refractivity contribution >= 4 is 31.9 Å². The first-order valence-corrected chi connectivity index (χ1v) is 43.6. The van der Waals surface area contributed by atoms with Gasteiger partial charge in [-0.2, -0.15) is 0 Å². The maximum absolute atomic E-state index is 5.80. The van der Waals surface area contributed by atoms with Crippen LogP contribution in [0.3, 0.4) is 0 Å². The molecule has 591 valence electrons. The smallest absolute Gasteiger partial charge is 0.246 e. The van der Waals surface area contributed by atoms with E-state index < -0.39 is 5.79 Å². The minimum Gasteiger partial charge on any atom is -0.486 e. The van der Waals surface area contributed by atoms with E-state index in [0.29, 0.717) is 103 Å². The van der Waals surface area contributed by atoms with Gasteiger partial charge in [0.1, 0.15) is 13.2 Å². The Morgan fingerprint density at radius 2 is 0.472 bits per heavy atom. The van der Waals surface area contributed by atoms with Crippen molar-refractivity contribution in [3.05, 3.63) is 197 Å². The van der Waals surface area contributed by atoms with Gasteiger partial charge in [-0.15, -0.1) is 23.5 Å². The molecule has 0 saturated carbocycles. The monoisotopic (exact) mass is 1500 g/mol. The minimum absolute atomic E-state index is 0. The van der Waals surface area contributed by atoms with Crippen LogP contribution in [0.5, 0.6) is 34.5 Å². The van der Waals surface area contributed by atoms with E-state index in [1.165, 1.54) is 111 Å². The summed E-state index contributed by atoms with van der Waals surface area (Å²) in [5, 5.41) is 0. The summed E-state index contributed by atoms with van der Waals surface area (Å²) in [5.41, 5.74) is 27.1. The Labute approximate surface area is 670 Å². The molecule has 0 bridgehead atoms. The number of hydrogen-bond acceptors (Lipinski definition) is 8. The molecule has 7 aromatic rings. The van der Waals surface area contributed by atoms with Gasteiger partial charge in [-0.1, -0.05) is 242 Å².